The fraction of sp³-hybridized carbons (Fsp3) is 0.400. The van der Waals surface area contributed by atoms with Crippen LogP contribution in [-0.2, 0) is 4.79 Å². The largest absolute Gasteiger partial charge is 0.492 e. The second kappa shape index (κ2) is 4.00. The van der Waals surface area contributed by atoms with Crippen LogP contribution in [0.5, 0.6) is 11.8 Å². The van der Waals surface area contributed by atoms with Gasteiger partial charge in [0.25, 0.3) is 0 Å². The molecule has 92 valence electrons. The lowest BCUT2D eigenvalue weighted by Crippen LogP contribution is -2.41. The summed E-state index contributed by atoms with van der Waals surface area (Å²) < 4.78 is 0.556. The first kappa shape index (κ1) is 11.3. The Morgan fingerprint density at radius 1 is 1.41 bits per heavy atom. The van der Waals surface area contributed by atoms with Crippen LogP contribution < -0.4 is 4.84 Å². The monoisotopic (exact) mass is 240 g/mol. The summed E-state index contributed by atoms with van der Waals surface area (Å²) in [6.45, 7) is 1.72. The number of aromatic hydroxyl groups is 2. The number of imide groups is 1. The number of nitrogens with zero attached hydrogens (tertiary/aromatic N) is 2. The summed E-state index contributed by atoms with van der Waals surface area (Å²) >= 11 is 0. The van der Waals surface area contributed by atoms with Crippen molar-refractivity contribution in [3.8, 4) is 11.8 Å². The molecule has 1 saturated heterocycles. The highest BCUT2D eigenvalue weighted by Gasteiger charge is 2.35. The molecule has 0 spiro atoms. The Kier molecular flexibility index (Phi) is 2.66. The van der Waals surface area contributed by atoms with Gasteiger partial charge < -0.3 is 15.1 Å². The van der Waals surface area contributed by atoms with E-state index in [1.165, 1.54) is 0 Å². The average Bonchev–Trinajstić information content (AvgIpc) is 2.75. The molecule has 2 rings (SSSR count). The van der Waals surface area contributed by atoms with Gasteiger partial charge in [-0.3, -0.25) is 4.79 Å². The third-order valence-electron chi connectivity index (χ3n) is 2.65. The summed E-state index contributed by atoms with van der Waals surface area (Å²) in [6, 6.07) is 2.09. The number of rotatable bonds is 1. The summed E-state index contributed by atoms with van der Waals surface area (Å²) in [4.78, 5) is 28.8. The van der Waals surface area contributed by atoms with Crippen LogP contribution in [0.3, 0.4) is 0 Å². The number of likely N-dealkylation sites (tertiary alicyclic amines) is 1. The van der Waals surface area contributed by atoms with E-state index in [1.54, 1.807) is 6.92 Å². The first-order chi connectivity index (χ1) is 8.00. The van der Waals surface area contributed by atoms with E-state index in [0.717, 1.165) is 17.0 Å². The Balaban J connectivity index is 2.14. The normalized spacial score (nSPS) is 19.7. The first-order valence-corrected chi connectivity index (χ1v) is 5.14. The number of carbonyl (C=O) groups is 2. The van der Waals surface area contributed by atoms with Crippen molar-refractivity contribution in [1.82, 2.24) is 9.63 Å². The molecule has 1 aliphatic heterocycles. The summed E-state index contributed by atoms with van der Waals surface area (Å²) in [7, 11) is 0. The minimum absolute atomic E-state index is 0.241. The predicted molar refractivity (Wildman–Crippen MR) is 55.3 cm³/mol. The number of aromatic nitrogens is 1. The van der Waals surface area contributed by atoms with Crippen molar-refractivity contribution >= 4 is 12.0 Å². The van der Waals surface area contributed by atoms with E-state index in [2.05, 4.69) is 0 Å². The molecular weight excluding hydrogens is 228 g/mol. The number of hydrogen-bond donors (Lipinski definition) is 2. The SMILES string of the molecule is C[C@@H]1CCC(=O)N1C(=O)On1c(O)ccc1O. The second-order valence-corrected chi connectivity index (χ2v) is 3.85. The van der Waals surface area contributed by atoms with Gasteiger partial charge in [-0.1, -0.05) is 0 Å². The average molecular weight is 240 g/mol. The lowest BCUT2D eigenvalue weighted by atomic mass is 10.2. The van der Waals surface area contributed by atoms with Crippen molar-refractivity contribution < 1.29 is 24.6 Å². The van der Waals surface area contributed by atoms with Gasteiger partial charge >= 0.3 is 6.09 Å². The predicted octanol–water partition coefficient (Wildman–Crippen LogP) is 0.459. The van der Waals surface area contributed by atoms with Gasteiger partial charge in [0.15, 0.2) is 0 Å². The van der Waals surface area contributed by atoms with Crippen LogP contribution in [0.25, 0.3) is 0 Å². The molecule has 2 N–H and O–H groups in total. The minimum Gasteiger partial charge on any atom is -0.492 e. The molecule has 7 nitrogen and oxygen atoms in total. The number of carbonyl (C=O) groups excluding carboxylic acids is 2. The molecule has 7 heteroatoms. The van der Waals surface area contributed by atoms with Gasteiger partial charge in [-0.15, -0.1) is 4.73 Å². The molecule has 0 bridgehead atoms. The maximum atomic E-state index is 11.7. The van der Waals surface area contributed by atoms with Crippen LogP contribution in [0.1, 0.15) is 19.8 Å². The molecule has 1 aliphatic rings. The molecule has 1 aromatic rings. The molecule has 1 atom stereocenters. The molecule has 0 saturated carbocycles. The van der Waals surface area contributed by atoms with Gasteiger partial charge in [-0.25, -0.2) is 9.69 Å². The first-order valence-electron chi connectivity index (χ1n) is 5.14. The van der Waals surface area contributed by atoms with E-state index in [1.807, 2.05) is 0 Å². The van der Waals surface area contributed by atoms with Gasteiger partial charge in [0.1, 0.15) is 0 Å². The van der Waals surface area contributed by atoms with E-state index >= 15 is 0 Å². The topological polar surface area (TPSA) is 92.0 Å². The molecular formula is C10H12N2O5. The van der Waals surface area contributed by atoms with Crippen molar-refractivity contribution in [3.05, 3.63) is 12.1 Å². The van der Waals surface area contributed by atoms with Crippen LogP contribution in [-0.4, -0.2) is 37.9 Å². The summed E-state index contributed by atoms with van der Waals surface area (Å²) in [5, 5.41) is 18.6. The Bertz CT molecular complexity index is 448. The molecule has 0 aliphatic carbocycles. The standard InChI is InChI=1S/C10H12N2O5/c1-6-2-3-7(13)11(6)10(16)17-12-8(14)4-5-9(12)15/h4-6,14-15H,2-3H2,1H3/t6-/m1/s1. The van der Waals surface area contributed by atoms with Gasteiger partial charge in [-0.2, -0.15) is 0 Å². The van der Waals surface area contributed by atoms with Crippen molar-refractivity contribution in [2.24, 2.45) is 0 Å². The number of amides is 2. The van der Waals surface area contributed by atoms with E-state index in [9.17, 15) is 19.8 Å². The lowest BCUT2D eigenvalue weighted by molar-refractivity contribution is -0.127. The van der Waals surface area contributed by atoms with E-state index in [-0.39, 0.29) is 11.9 Å². The maximum absolute atomic E-state index is 11.7. The van der Waals surface area contributed by atoms with Gasteiger partial charge in [0.2, 0.25) is 17.7 Å². The highest BCUT2D eigenvalue weighted by molar-refractivity contribution is 5.94. The molecule has 1 fully saturated rings. The highest BCUT2D eigenvalue weighted by atomic mass is 16.7. The molecule has 2 heterocycles. The molecule has 0 aromatic carbocycles. The van der Waals surface area contributed by atoms with E-state index < -0.39 is 17.9 Å². The second-order valence-electron chi connectivity index (χ2n) is 3.85. The Hall–Kier alpha value is -2.18. The third kappa shape index (κ3) is 1.91. The fourth-order valence-electron chi connectivity index (χ4n) is 1.73. The quantitative estimate of drug-likeness (QED) is 0.743. The lowest BCUT2D eigenvalue weighted by Gasteiger charge is -2.18. The number of hydrogen-bond acceptors (Lipinski definition) is 5. The fourth-order valence-corrected chi connectivity index (χ4v) is 1.73. The van der Waals surface area contributed by atoms with E-state index in [0.29, 0.717) is 17.6 Å². The van der Waals surface area contributed by atoms with Crippen molar-refractivity contribution in [2.45, 2.75) is 25.8 Å². The van der Waals surface area contributed by atoms with Crippen LogP contribution in [0, 0.1) is 0 Å². The van der Waals surface area contributed by atoms with Gasteiger partial charge in [0.05, 0.1) is 0 Å². The zero-order chi connectivity index (χ0) is 12.6. The molecule has 0 unspecified atom stereocenters. The van der Waals surface area contributed by atoms with Crippen LogP contribution in [0.15, 0.2) is 12.1 Å². The zero-order valence-corrected chi connectivity index (χ0v) is 9.16. The van der Waals surface area contributed by atoms with Gasteiger partial charge in [-0.05, 0) is 13.3 Å². The maximum Gasteiger partial charge on any atom is 0.441 e. The summed E-state index contributed by atoms with van der Waals surface area (Å²) in [5.41, 5.74) is 0. The van der Waals surface area contributed by atoms with Crippen molar-refractivity contribution in [2.75, 3.05) is 0 Å². The third-order valence-corrected chi connectivity index (χ3v) is 2.65. The minimum atomic E-state index is -0.915. The van der Waals surface area contributed by atoms with Crippen molar-refractivity contribution in [3.63, 3.8) is 0 Å². The summed E-state index contributed by atoms with van der Waals surface area (Å²) in [5.74, 6) is -1.17. The molecule has 17 heavy (non-hydrogen) atoms. The smallest absolute Gasteiger partial charge is 0.441 e. The van der Waals surface area contributed by atoms with Crippen LogP contribution >= 0.6 is 0 Å². The van der Waals surface area contributed by atoms with Gasteiger partial charge in [0, 0.05) is 24.6 Å². The Labute approximate surface area is 96.8 Å². The molecule has 2 amide bonds. The summed E-state index contributed by atoms with van der Waals surface area (Å²) in [6.07, 6.45) is -0.0425. The van der Waals surface area contributed by atoms with E-state index in [4.69, 9.17) is 4.84 Å². The molecule has 0 radical (unpaired) electrons. The zero-order valence-electron chi connectivity index (χ0n) is 9.16. The highest BCUT2D eigenvalue weighted by Crippen LogP contribution is 2.22. The molecule has 1 aromatic heterocycles. The van der Waals surface area contributed by atoms with Crippen molar-refractivity contribution in [1.29, 1.82) is 0 Å². The Morgan fingerprint density at radius 2 is 2.00 bits per heavy atom. The van der Waals surface area contributed by atoms with Crippen LogP contribution in [0.4, 0.5) is 4.79 Å². The Morgan fingerprint density at radius 3 is 2.47 bits per heavy atom. The van der Waals surface area contributed by atoms with Crippen LogP contribution in [0.2, 0.25) is 0 Å².